The summed E-state index contributed by atoms with van der Waals surface area (Å²) >= 11 is 1.40. The summed E-state index contributed by atoms with van der Waals surface area (Å²) in [5.74, 6) is -0.297. The van der Waals surface area contributed by atoms with Gasteiger partial charge >= 0.3 is 6.03 Å². The van der Waals surface area contributed by atoms with Crippen LogP contribution in [0.3, 0.4) is 0 Å². The number of nitrogens with zero attached hydrogens (tertiary/aromatic N) is 1. The minimum absolute atomic E-state index is 0.173. The number of thiazole rings is 1. The zero-order valence-corrected chi connectivity index (χ0v) is 14.2. The molecule has 0 atom stereocenters. The standard InChI is InChI=1S/C17H20FN3O2S/c1-2-23-12-7-11(8-12)20-17(22)19-9-16-21-15(10-24-16)13-5-3-4-6-14(13)18/h3-6,10-12H,2,7-9H2,1H3,(H2,19,20,22). The number of halogens is 1. The van der Waals surface area contributed by atoms with Gasteiger partial charge in [-0.3, -0.25) is 0 Å². The Balaban J connectivity index is 1.46. The summed E-state index contributed by atoms with van der Waals surface area (Å²) in [6, 6.07) is 6.49. The van der Waals surface area contributed by atoms with Crippen LogP contribution in [0.25, 0.3) is 11.3 Å². The molecule has 24 heavy (non-hydrogen) atoms. The van der Waals surface area contributed by atoms with Crippen LogP contribution in [0.4, 0.5) is 9.18 Å². The number of benzene rings is 1. The summed E-state index contributed by atoms with van der Waals surface area (Å²) in [5, 5.41) is 8.23. The highest BCUT2D eigenvalue weighted by Gasteiger charge is 2.30. The Bertz CT molecular complexity index is 701. The first-order valence-electron chi connectivity index (χ1n) is 8.01. The molecule has 1 heterocycles. The molecule has 0 aliphatic heterocycles. The van der Waals surface area contributed by atoms with Crippen LogP contribution in [0.5, 0.6) is 0 Å². The van der Waals surface area contributed by atoms with E-state index in [2.05, 4.69) is 15.6 Å². The maximum Gasteiger partial charge on any atom is 0.315 e. The number of aromatic nitrogens is 1. The van der Waals surface area contributed by atoms with Crippen molar-refractivity contribution in [2.45, 2.75) is 38.5 Å². The van der Waals surface area contributed by atoms with Crippen molar-refractivity contribution in [2.75, 3.05) is 6.61 Å². The zero-order chi connectivity index (χ0) is 16.9. The third-order valence-corrected chi connectivity index (χ3v) is 4.78. The van der Waals surface area contributed by atoms with E-state index in [1.807, 2.05) is 6.92 Å². The van der Waals surface area contributed by atoms with Gasteiger partial charge in [-0.05, 0) is 31.9 Å². The molecule has 0 spiro atoms. The first kappa shape index (κ1) is 16.9. The molecule has 1 aromatic heterocycles. The van der Waals surface area contributed by atoms with E-state index in [9.17, 15) is 9.18 Å². The zero-order valence-electron chi connectivity index (χ0n) is 13.4. The molecule has 0 unspecified atom stereocenters. The van der Waals surface area contributed by atoms with Crippen LogP contribution < -0.4 is 10.6 Å². The fraction of sp³-hybridized carbons (Fsp3) is 0.412. The molecule has 1 saturated carbocycles. The van der Waals surface area contributed by atoms with Crippen molar-refractivity contribution >= 4 is 17.4 Å². The van der Waals surface area contributed by atoms with Crippen LogP contribution in [0.15, 0.2) is 29.6 Å². The Labute approximate surface area is 144 Å². The number of urea groups is 1. The second-order valence-electron chi connectivity index (χ2n) is 5.68. The lowest BCUT2D eigenvalue weighted by molar-refractivity contribution is -0.00709. The molecule has 7 heteroatoms. The summed E-state index contributed by atoms with van der Waals surface area (Å²) < 4.78 is 19.2. The Kier molecular flexibility index (Phi) is 5.42. The monoisotopic (exact) mass is 349 g/mol. The summed E-state index contributed by atoms with van der Waals surface area (Å²) in [4.78, 5) is 16.2. The quantitative estimate of drug-likeness (QED) is 0.841. The van der Waals surface area contributed by atoms with Gasteiger partial charge in [0.05, 0.1) is 18.3 Å². The number of hydrogen-bond acceptors (Lipinski definition) is 4. The smallest absolute Gasteiger partial charge is 0.315 e. The van der Waals surface area contributed by atoms with Crippen molar-refractivity contribution in [3.05, 3.63) is 40.5 Å². The first-order chi connectivity index (χ1) is 11.7. The molecule has 0 bridgehead atoms. The van der Waals surface area contributed by atoms with E-state index in [0.29, 0.717) is 24.4 Å². The highest BCUT2D eigenvalue weighted by molar-refractivity contribution is 7.09. The van der Waals surface area contributed by atoms with Crippen molar-refractivity contribution in [3.63, 3.8) is 0 Å². The fourth-order valence-corrected chi connectivity index (χ4v) is 3.37. The molecule has 0 radical (unpaired) electrons. The second kappa shape index (κ2) is 7.72. The van der Waals surface area contributed by atoms with Crippen LogP contribution in [-0.4, -0.2) is 29.8 Å². The van der Waals surface area contributed by atoms with Gasteiger partial charge in [0, 0.05) is 23.6 Å². The minimum Gasteiger partial charge on any atom is -0.378 e. The number of ether oxygens (including phenoxy) is 1. The largest absolute Gasteiger partial charge is 0.378 e. The maximum absolute atomic E-state index is 13.7. The van der Waals surface area contributed by atoms with E-state index >= 15 is 0 Å². The number of hydrogen-bond donors (Lipinski definition) is 2. The van der Waals surface area contributed by atoms with Gasteiger partial charge in [0.2, 0.25) is 0 Å². The first-order valence-corrected chi connectivity index (χ1v) is 8.89. The van der Waals surface area contributed by atoms with E-state index in [4.69, 9.17) is 4.74 Å². The Morgan fingerprint density at radius 2 is 2.21 bits per heavy atom. The molecule has 1 aliphatic carbocycles. The number of nitrogens with one attached hydrogen (secondary N) is 2. The highest BCUT2D eigenvalue weighted by atomic mass is 32.1. The van der Waals surface area contributed by atoms with E-state index < -0.39 is 0 Å². The van der Waals surface area contributed by atoms with Gasteiger partial charge in [0.1, 0.15) is 10.8 Å². The molecule has 3 rings (SSSR count). The number of amides is 2. The van der Waals surface area contributed by atoms with Crippen molar-refractivity contribution in [3.8, 4) is 11.3 Å². The summed E-state index contributed by atoms with van der Waals surface area (Å²) in [6.07, 6.45) is 1.98. The van der Waals surface area contributed by atoms with Gasteiger partial charge in [0.25, 0.3) is 0 Å². The molecule has 2 N–H and O–H groups in total. The van der Waals surface area contributed by atoms with Crippen LogP contribution >= 0.6 is 11.3 Å². The van der Waals surface area contributed by atoms with Gasteiger partial charge < -0.3 is 15.4 Å². The van der Waals surface area contributed by atoms with Gasteiger partial charge in [-0.1, -0.05) is 12.1 Å². The minimum atomic E-state index is -0.297. The molecule has 2 aromatic rings. The molecule has 1 aliphatic rings. The average Bonchev–Trinajstić information content (AvgIpc) is 3.00. The fourth-order valence-electron chi connectivity index (χ4n) is 2.63. The van der Waals surface area contributed by atoms with Gasteiger partial charge in [-0.2, -0.15) is 0 Å². The predicted molar refractivity (Wildman–Crippen MR) is 91.3 cm³/mol. The van der Waals surface area contributed by atoms with E-state index in [1.165, 1.54) is 17.4 Å². The summed E-state index contributed by atoms with van der Waals surface area (Å²) in [7, 11) is 0. The van der Waals surface area contributed by atoms with E-state index in [1.54, 1.807) is 23.6 Å². The van der Waals surface area contributed by atoms with Gasteiger partial charge in [0.15, 0.2) is 0 Å². The maximum atomic E-state index is 13.7. The van der Waals surface area contributed by atoms with Crippen LogP contribution in [-0.2, 0) is 11.3 Å². The van der Waals surface area contributed by atoms with Crippen molar-refractivity contribution in [1.82, 2.24) is 15.6 Å². The molecule has 0 saturated heterocycles. The summed E-state index contributed by atoms with van der Waals surface area (Å²) in [5.41, 5.74) is 1.06. The van der Waals surface area contributed by atoms with Crippen LogP contribution in [0.2, 0.25) is 0 Å². The van der Waals surface area contributed by atoms with Gasteiger partial charge in [-0.25, -0.2) is 14.2 Å². The van der Waals surface area contributed by atoms with Crippen molar-refractivity contribution in [2.24, 2.45) is 0 Å². The molecule has 1 fully saturated rings. The van der Waals surface area contributed by atoms with E-state index in [-0.39, 0.29) is 24.0 Å². The third kappa shape index (κ3) is 4.10. The Morgan fingerprint density at radius 3 is 2.96 bits per heavy atom. The molecule has 5 nitrogen and oxygen atoms in total. The SMILES string of the molecule is CCOC1CC(NC(=O)NCc2nc(-c3ccccc3F)cs2)C1. The highest BCUT2D eigenvalue weighted by Crippen LogP contribution is 2.25. The third-order valence-electron chi connectivity index (χ3n) is 3.93. The number of carbonyl (C=O) groups is 1. The lowest BCUT2D eigenvalue weighted by Gasteiger charge is -2.35. The van der Waals surface area contributed by atoms with Crippen molar-refractivity contribution < 1.29 is 13.9 Å². The Hall–Kier alpha value is -1.99. The lowest BCUT2D eigenvalue weighted by atomic mass is 9.89. The normalized spacial score (nSPS) is 19.6. The molecular formula is C17H20FN3O2S. The Morgan fingerprint density at radius 1 is 1.42 bits per heavy atom. The number of carbonyl (C=O) groups excluding carboxylic acids is 1. The molecule has 1 aromatic carbocycles. The second-order valence-corrected chi connectivity index (χ2v) is 6.62. The lowest BCUT2D eigenvalue weighted by Crippen LogP contribution is -2.50. The van der Waals surface area contributed by atoms with Crippen LogP contribution in [0, 0.1) is 5.82 Å². The van der Waals surface area contributed by atoms with E-state index in [0.717, 1.165) is 17.8 Å². The molecule has 2 amide bonds. The van der Waals surface area contributed by atoms with Gasteiger partial charge in [-0.15, -0.1) is 11.3 Å². The molecule has 128 valence electrons. The van der Waals surface area contributed by atoms with Crippen molar-refractivity contribution in [1.29, 1.82) is 0 Å². The molecular weight excluding hydrogens is 329 g/mol. The predicted octanol–water partition coefficient (Wildman–Crippen LogP) is 3.32. The summed E-state index contributed by atoms with van der Waals surface area (Å²) in [6.45, 7) is 3.00. The topological polar surface area (TPSA) is 63.2 Å². The number of rotatable bonds is 6. The average molecular weight is 349 g/mol. The van der Waals surface area contributed by atoms with Crippen LogP contribution in [0.1, 0.15) is 24.8 Å².